The fourth-order valence-corrected chi connectivity index (χ4v) is 4.84. The Bertz CT molecular complexity index is 644. The predicted octanol–water partition coefficient (Wildman–Crippen LogP) is 2.72. The molecule has 2 fully saturated rings. The maximum atomic E-state index is 12.5. The second-order valence-electron chi connectivity index (χ2n) is 6.11. The highest BCUT2D eigenvalue weighted by molar-refractivity contribution is 8.02. The van der Waals surface area contributed by atoms with E-state index in [9.17, 15) is 9.59 Å². The van der Waals surface area contributed by atoms with Crippen molar-refractivity contribution in [2.45, 2.75) is 30.0 Å². The van der Waals surface area contributed by atoms with Crippen molar-refractivity contribution in [2.24, 2.45) is 0 Å². The Morgan fingerprint density at radius 3 is 2.71 bits per heavy atom. The Morgan fingerprint density at radius 2 is 2.08 bits per heavy atom. The summed E-state index contributed by atoms with van der Waals surface area (Å²) in [6, 6.07) is 7.59. The summed E-state index contributed by atoms with van der Waals surface area (Å²) in [7, 11) is 1.62. The molecular weight excluding hydrogens is 348 g/mol. The van der Waals surface area contributed by atoms with Crippen LogP contribution in [0.25, 0.3) is 0 Å². The largest absolute Gasteiger partial charge is 0.497 e. The van der Waals surface area contributed by atoms with Crippen molar-refractivity contribution in [2.75, 3.05) is 30.9 Å². The first-order chi connectivity index (χ1) is 11.5. The second kappa shape index (κ2) is 6.84. The van der Waals surface area contributed by atoms with E-state index in [1.54, 1.807) is 30.7 Å². The number of halogens is 1. The molecule has 2 aliphatic heterocycles. The zero-order chi connectivity index (χ0) is 17.3. The van der Waals surface area contributed by atoms with E-state index in [2.05, 4.69) is 0 Å². The SMILES string of the molecule is COc1cccc(N2C(=O)CSC23CCN(C(=O)[C@H](C)Cl)CC3)c1. The van der Waals surface area contributed by atoms with Gasteiger partial charge in [-0.25, -0.2) is 0 Å². The number of carbonyl (C=O) groups excluding carboxylic acids is 2. The second-order valence-corrected chi connectivity index (χ2v) is 8.10. The lowest BCUT2D eigenvalue weighted by Gasteiger charge is -2.44. The maximum absolute atomic E-state index is 12.5. The summed E-state index contributed by atoms with van der Waals surface area (Å²) < 4.78 is 5.29. The van der Waals surface area contributed by atoms with Crippen molar-refractivity contribution in [1.29, 1.82) is 0 Å². The van der Waals surface area contributed by atoms with Crippen LogP contribution < -0.4 is 9.64 Å². The number of methoxy groups -OCH3 is 1. The van der Waals surface area contributed by atoms with E-state index in [0.29, 0.717) is 18.8 Å². The first-order valence-electron chi connectivity index (χ1n) is 8.01. The quantitative estimate of drug-likeness (QED) is 0.770. The number of hydrogen-bond donors (Lipinski definition) is 0. The van der Waals surface area contributed by atoms with Gasteiger partial charge in [-0.05, 0) is 31.9 Å². The highest BCUT2D eigenvalue weighted by atomic mass is 35.5. The van der Waals surface area contributed by atoms with Crippen LogP contribution in [0.15, 0.2) is 24.3 Å². The molecule has 0 unspecified atom stereocenters. The molecule has 0 aromatic heterocycles. The van der Waals surface area contributed by atoms with Gasteiger partial charge in [0.05, 0.1) is 17.7 Å². The summed E-state index contributed by atoms with van der Waals surface area (Å²) in [5, 5.41) is -0.508. The lowest BCUT2D eigenvalue weighted by molar-refractivity contribution is -0.131. The number of nitrogens with zero attached hydrogens (tertiary/aromatic N) is 2. The summed E-state index contributed by atoms with van der Waals surface area (Å²) in [5.41, 5.74) is 0.856. The van der Waals surface area contributed by atoms with Gasteiger partial charge in [0.25, 0.3) is 0 Å². The van der Waals surface area contributed by atoms with Gasteiger partial charge in [-0.3, -0.25) is 14.5 Å². The highest BCUT2D eigenvalue weighted by Crippen LogP contribution is 2.47. The Labute approximate surface area is 151 Å². The number of piperidine rings is 1. The van der Waals surface area contributed by atoms with Crippen molar-refractivity contribution < 1.29 is 14.3 Å². The third-order valence-electron chi connectivity index (χ3n) is 4.63. The minimum Gasteiger partial charge on any atom is -0.497 e. The van der Waals surface area contributed by atoms with Gasteiger partial charge in [0.15, 0.2) is 0 Å². The van der Waals surface area contributed by atoms with Gasteiger partial charge < -0.3 is 9.64 Å². The standard InChI is InChI=1S/C17H21ClN2O3S/c1-12(18)16(22)19-8-6-17(7-9-19)20(15(21)11-24-17)13-4-3-5-14(10-13)23-2/h3-5,10,12H,6-9,11H2,1-2H3/t12-/m0/s1. The molecule has 7 heteroatoms. The average molecular weight is 369 g/mol. The van der Waals surface area contributed by atoms with Crippen LogP contribution in [0.4, 0.5) is 5.69 Å². The van der Waals surface area contributed by atoms with E-state index in [1.807, 2.05) is 29.2 Å². The molecule has 0 radical (unpaired) electrons. The Kier molecular flexibility index (Phi) is 4.97. The molecule has 0 bridgehead atoms. The summed E-state index contributed by atoms with van der Waals surface area (Å²) >= 11 is 7.60. The van der Waals surface area contributed by atoms with Crippen molar-refractivity contribution >= 4 is 40.9 Å². The van der Waals surface area contributed by atoms with Gasteiger partial charge in [-0.1, -0.05) is 6.07 Å². The molecule has 1 spiro atoms. The van der Waals surface area contributed by atoms with Gasteiger partial charge in [0.1, 0.15) is 11.1 Å². The lowest BCUT2D eigenvalue weighted by Crippen LogP contribution is -2.54. The van der Waals surface area contributed by atoms with Gasteiger partial charge in [0, 0.05) is 24.8 Å². The summed E-state index contributed by atoms with van der Waals surface area (Å²) in [6.07, 6.45) is 1.49. The van der Waals surface area contributed by atoms with Crippen LogP contribution in [0.1, 0.15) is 19.8 Å². The molecule has 0 N–H and O–H groups in total. The fraction of sp³-hybridized carbons (Fsp3) is 0.529. The van der Waals surface area contributed by atoms with Crippen molar-refractivity contribution in [1.82, 2.24) is 4.90 Å². The van der Waals surface area contributed by atoms with E-state index >= 15 is 0 Å². The van der Waals surface area contributed by atoms with Crippen LogP contribution in [0.5, 0.6) is 5.75 Å². The number of benzene rings is 1. The molecule has 0 aliphatic carbocycles. The first-order valence-corrected chi connectivity index (χ1v) is 9.43. The number of rotatable bonds is 3. The predicted molar refractivity (Wildman–Crippen MR) is 96.8 cm³/mol. The number of hydrogen-bond acceptors (Lipinski definition) is 4. The molecule has 2 saturated heterocycles. The van der Waals surface area contributed by atoms with Crippen LogP contribution in [0.3, 0.4) is 0 Å². The summed E-state index contributed by atoms with van der Waals surface area (Å²) in [6.45, 7) is 2.94. The normalized spacial score (nSPS) is 21.2. The number of ether oxygens (including phenoxy) is 1. The topological polar surface area (TPSA) is 49.9 Å². The molecular formula is C17H21ClN2O3S. The molecule has 130 valence electrons. The fourth-order valence-electron chi connectivity index (χ4n) is 3.38. The number of thioether (sulfide) groups is 1. The van der Waals surface area contributed by atoms with Crippen molar-refractivity contribution in [3.63, 3.8) is 0 Å². The van der Waals surface area contributed by atoms with Crippen molar-refractivity contribution in [3.05, 3.63) is 24.3 Å². The molecule has 5 nitrogen and oxygen atoms in total. The minimum atomic E-state index is -0.508. The average Bonchev–Trinajstić information content (AvgIpc) is 2.91. The van der Waals surface area contributed by atoms with E-state index in [0.717, 1.165) is 24.3 Å². The maximum Gasteiger partial charge on any atom is 0.240 e. The smallest absolute Gasteiger partial charge is 0.240 e. The van der Waals surface area contributed by atoms with Crippen LogP contribution in [0, 0.1) is 0 Å². The first kappa shape index (κ1) is 17.4. The molecule has 2 amide bonds. The van der Waals surface area contributed by atoms with Crippen LogP contribution in [-0.2, 0) is 9.59 Å². The number of alkyl halides is 1. The number of amides is 2. The molecule has 0 saturated carbocycles. The van der Waals surface area contributed by atoms with Gasteiger partial charge in [0.2, 0.25) is 11.8 Å². The van der Waals surface area contributed by atoms with E-state index < -0.39 is 5.38 Å². The zero-order valence-electron chi connectivity index (χ0n) is 13.8. The highest BCUT2D eigenvalue weighted by Gasteiger charge is 2.49. The molecule has 1 aromatic rings. The van der Waals surface area contributed by atoms with Crippen LogP contribution in [-0.4, -0.2) is 52.9 Å². The molecule has 2 aliphatic rings. The van der Waals surface area contributed by atoms with E-state index in [-0.39, 0.29) is 16.7 Å². The van der Waals surface area contributed by atoms with Crippen molar-refractivity contribution in [3.8, 4) is 5.75 Å². The monoisotopic (exact) mass is 368 g/mol. The summed E-state index contributed by atoms with van der Waals surface area (Å²) in [5.74, 6) is 1.28. The Hall–Kier alpha value is -1.40. The Morgan fingerprint density at radius 1 is 1.38 bits per heavy atom. The van der Waals surface area contributed by atoms with Gasteiger partial charge in [-0.15, -0.1) is 23.4 Å². The Balaban J connectivity index is 1.82. The van der Waals surface area contributed by atoms with Crippen LogP contribution >= 0.6 is 23.4 Å². The molecule has 1 atom stereocenters. The third-order valence-corrected chi connectivity index (χ3v) is 6.34. The van der Waals surface area contributed by atoms with E-state index in [1.165, 1.54) is 0 Å². The zero-order valence-corrected chi connectivity index (χ0v) is 15.4. The molecule has 1 aromatic carbocycles. The minimum absolute atomic E-state index is 0.0335. The number of carbonyl (C=O) groups is 2. The third kappa shape index (κ3) is 3.09. The molecule has 3 rings (SSSR count). The van der Waals surface area contributed by atoms with Gasteiger partial charge in [-0.2, -0.15) is 0 Å². The number of anilines is 1. The summed E-state index contributed by atoms with van der Waals surface area (Å²) in [4.78, 5) is 28.0. The van der Waals surface area contributed by atoms with Gasteiger partial charge >= 0.3 is 0 Å². The lowest BCUT2D eigenvalue weighted by atomic mass is 10.0. The van der Waals surface area contributed by atoms with Crippen LogP contribution in [0.2, 0.25) is 0 Å². The molecule has 24 heavy (non-hydrogen) atoms. The molecule has 2 heterocycles. The number of likely N-dealkylation sites (tertiary alicyclic amines) is 1. The van der Waals surface area contributed by atoms with E-state index in [4.69, 9.17) is 16.3 Å².